The Morgan fingerprint density at radius 3 is 2.56 bits per heavy atom. The number of urea groups is 1. The average Bonchev–Trinajstić information content (AvgIpc) is 2.89. The number of carboxylic acid groups (broad SMARTS) is 1. The zero-order chi connectivity index (χ0) is 12.2. The zero-order valence-electron chi connectivity index (χ0n) is 9.58. The van der Waals surface area contributed by atoms with E-state index in [9.17, 15) is 9.59 Å². The third-order valence-electron chi connectivity index (χ3n) is 2.63. The maximum absolute atomic E-state index is 11.5. The average molecular weight is 230 g/mol. The molecule has 3 N–H and O–H groups in total. The van der Waals surface area contributed by atoms with Gasteiger partial charge >= 0.3 is 12.0 Å². The predicted molar refractivity (Wildman–Crippen MR) is 57.2 cm³/mol. The fourth-order valence-corrected chi connectivity index (χ4v) is 1.27. The van der Waals surface area contributed by atoms with Gasteiger partial charge in [-0.15, -0.1) is 0 Å². The number of methoxy groups -OCH3 is 1. The molecule has 0 saturated heterocycles. The number of ether oxygens (including phenoxy) is 1. The van der Waals surface area contributed by atoms with E-state index >= 15 is 0 Å². The molecule has 6 nitrogen and oxygen atoms in total. The van der Waals surface area contributed by atoms with Crippen molar-refractivity contribution in [1.29, 1.82) is 0 Å². The van der Waals surface area contributed by atoms with Gasteiger partial charge in [-0.1, -0.05) is 0 Å². The topological polar surface area (TPSA) is 87.7 Å². The van der Waals surface area contributed by atoms with Gasteiger partial charge in [-0.25, -0.2) is 9.59 Å². The fraction of sp³-hybridized carbons (Fsp3) is 0.800. The smallest absolute Gasteiger partial charge is 0.326 e. The second-order valence-corrected chi connectivity index (χ2v) is 4.33. The summed E-state index contributed by atoms with van der Waals surface area (Å²) < 4.78 is 4.78. The van der Waals surface area contributed by atoms with Gasteiger partial charge in [0.25, 0.3) is 0 Å². The van der Waals surface area contributed by atoms with E-state index in [4.69, 9.17) is 9.84 Å². The molecule has 0 aliphatic heterocycles. The molecule has 0 aromatic heterocycles. The largest absolute Gasteiger partial charge is 0.480 e. The van der Waals surface area contributed by atoms with Gasteiger partial charge in [0, 0.05) is 25.7 Å². The Morgan fingerprint density at radius 1 is 1.50 bits per heavy atom. The van der Waals surface area contributed by atoms with Gasteiger partial charge < -0.3 is 20.5 Å². The van der Waals surface area contributed by atoms with Crippen molar-refractivity contribution in [3.8, 4) is 0 Å². The van der Waals surface area contributed by atoms with Crippen LogP contribution >= 0.6 is 0 Å². The number of carbonyl (C=O) groups is 2. The first-order valence-corrected chi connectivity index (χ1v) is 5.27. The highest BCUT2D eigenvalue weighted by molar-refractivity contribution is 5.83. The zero-order valence-corrected chi connectivity index (χ0v) is 9.58. The van der Waals surface area contributed by atoms with Crippen molar-refractivity contribution < 1.29 is 19.4 Å². The van der Waals surface area contributed by atoms with E-state index in [0.29, 0.717) is 6.61 Å². The number of hydrogen-bond donors (Lipinski definition) is 3. The van der Waals surface area contributed by atoms with Gasteiger partial charge in [-0.2, -0.15) is 0 Å². The lowest BCUT2D eigenvalue weighted by Crippen LogP contribution is -2.49. The molecule has 1 aliphatic rings. The number of nitrogens with one attached hydrogen (secondary N) is 2. The first kappa shape index (κ1) is 12.8. The van der Waals surface area contributed by atoms with Gasteiger partial charge in [0.15, 0.2) is 0 Å². The molecule has 0 heterocycles. The molecule has 2 amide bonds. The number of hydrogen-bond acceptors (Lipinski definition) is 3. The molecular weight excluding hydrogens is 212 g/mol. The molecule has 1 atom stereocenters. The van der Waals surface area contributed by atoms with Crippen molar-refractivity contribution in [3.05, 3.63) is 0 Å². The Morgan fingerprint density at radius 2 is 2.12 bits per heavy atom. The SMILES string of the molecule is COCCC(NC(=O)NC1(C)CC1)C(=O)O. The third kappa shape index (κ3) is 4.06. The van der Waals surface area contributed by atoms with Gasteiger partial charge in [-0.3, -0.25) is 0 Å². The summed E-state index contributed by atoms with van der Waals surface area (Å²) in [4.78, 5) is 22.3. The molecule has 1 saturated carbocycles. The van der Waals surface area contributed by atoms with Gasteiger partial charge in [0.05, 0.1) is 0 Å². The van der Waals surface area contributed by atoms with Crippen molar-refractivity contribution in [3.63, 3.8) is 0 Å². The van der Waals surface area contributed by atoms with Crippen LogP contribution in [0.15, 0.2) is 0 Å². The Hall–Kier alpha value is -1.30. The lowest BCUT2D eigenvalue weighted by atomic mass is 10.2. The molecule has 0 spiro atoms. The monoisotopic (exact) mass is 230 g/mol. The van der Waals surface area contributed by atoms with E-state index < -0.39 is 18.0 Å². The normalized spacial score (nSPS) is 18.6. The van der Waals surface area contributed by atoms with Crippen LogP contribution in [0.5, 0.6) is 0 Å². The standard InChI is InChI=1S/C10H18N2O4/c1-10(4-5-10)12-9(15)11-7(8(13)14)3-6-16-2/h7H,3-6H2,1-2H3,(H,13,14)(H2,11,12,15). The maximum atomic E-state index is 11.5. The van der Waals surface area contributed by atoms with Crippen LogP contribution in [0.4, 0.5) is 4.79 Å². The van der Waals surface area contributed by atoms with Crippen molar-refractivity contribution in [2.24, 2.45) is 0 Å². The van der Waals surface area contributed by atoms with E-state index in [1.807, 2.05) is 6.92 Å². The Kier molecular flexibility index (Phi) is 4.12. The summed E-state index contributed by atoms with van der Waals surface area (Å²) in [6.45, 7) is 2.23. The van der Waals surface area contributed by atoms with Gasteiger partial charge in [-0.05, 0) is 19.8 Å². The minimum atomic E-state index is -1.05. The molecule has 1 fully saturated rings. The van der Waals surface area contributed by atoms with Crippen molar-refractivity contribution in [1.82, 2.24) is 10.6 Å². The molecule has 92 valence electrons. The molecule has 1 unspecified atom stereocenters. The molecule has 0 aromatic carbocycles. The summed E-state index contributed by atoms with van der Waals surface area (Å²) in [7, 11) is 1.49. The van der Waals surface area contributed by atoms with E-state index in [1.54, 1.807) is 0 Å². The van der Waals surface area contributed by atoms with E-state index in [2.05, 4.69) is 10.6 Å². The summed E-state index contributed by atoms with van der Waals surface area (Å²) in [6, 6.07) is -1.33. The number of carbonyl (C=O) groups excluding carboxylic acids is 1. The van der Waals surface area contributed by atoms with Crippen molar-refractivity contribution in [2.75, 3.05) is 13.7 Å². The summed E-state index contributed by atoms with van der Waals surface area (Å²) in [5.74, 6) is -1.05. The lowest BCUT2D eigenvalue weighted by Gasteiger charge is -2.17. The van der Waals surface area contributed by atoms with E-state index in [0.717, 1.165) is 12.8 Å². The maximum Gasteiger partial charge on any atom is 0.326 e. The van der Waals surface area contributed by atoms with E-state index in [-0.39, 0.29) is 12.0 Å². The van der Waals surface area contributed by atoms with Crippen LogP contribution < -0.4 is 10.6 Å². The Labute approximate surface area is 94.3 Å². The minimum Gasteiger partial charge on any atom is -0.480 e. The van der Waals surface area contributed by atoms with Crippen LogP contribution in [-0.4, -0.2) is 42.4 Å². The van der Waals surface area contributed by atoms with Crippen LogP contribution in [0.25, 0.3) is 0 Å². The molecule has 6 heteroatoms. The first-order chi connectivity index (χ1) is 7.47. The van der Waals surface area contributed by atoms with Crippen LogP contribution in [0.1, 0.15) is 26.2 Å². The Balaban J connectivity index is 2.35. The highest BCUT2D eigenvalue weighted by Gasteiger charge is 2.39. The third-order valence-corrected chi connectivity index (χ3v) is 2.63. The first-order valence-electron chi connectivity index (χ1n) is 5.27. The molecule has 1 aliphatic carbocycles. The van der Waals surface area contributed by atoms with Crippen LogP contribution in [0.3, 0.4) is 0 Å². The summed E-state index contributed by atoms with van der Waals surface area (Å²) in [5, 5.41) is 14.0. The number of carboxylic acids is 1. The summed E-state index contributed by atoms with van der Waals surface area (Å²) in [6.07, 6.45) is 2.14. The minimum absolute atomic E-state index is 0.144. The van der Waals surface area contributed by atoms with Gasteiger partial charge in [0.2, 0.25) is 0 Å². The summed E-state index contributed by atoms with van der Waals surface area (Å²) >= 11 is 0. The van der Waals surface area contributed by atoms with Crippen molar-refractivity contribution >= 4 is 12.0 Å². The molecular formula is C10H18N2O4. The quantitative estimate of drug-likeness (QED) is 0.613. The number of rotatable bonds is 6. The molecule has 1 rings (SSSR count). The van der Waals surface area contributed by atoms with Crippen molar-refractivity contribution in [2.45, 2.75) is 37.8 Å². The predicted octanol–water partition coefficient (Wildman–Crippen LogP) is 0.328. The number of amides is 2. The van der Waals surface area contributed by atoms with Gasteiger partial charge in [0.1, 0.15) is 6.04 Å². The highest BCUT2D eigenvalue weighted by atomic mass is 16.5. The molecule has 0 aromatic rings. The second kappa shape index (κ2) is 5.16. The Bertz CT molecular complexity index is 276. The fourth-order valence-electron chi connectivity index (χ4n) is 1.27. The van der Waals surface area contributed by atoms with Crippen LogP contribution in [-0.2, 0) is 9.53 Å². The van der Waals surface area contributed by atoms with Crippen LogP contribution in [0, 0.1) is 0 Å². The molecule has 16 heavy (non-hydrogen) atoms. The molecule has 0 radical (unpaired) electrons. The summed E-state index contributed by atoms with van der Waals surface area (Å²) in [5.41, 5.74) is -0.144. The van der Waals surface area contributed by atoms with Crippen LogP contribution in [0.2, 0.25) is 0 Å². The lowest BCUT2D eigenvalue weighted by molar-refractivity contribution is -0.139. The number of aliphatic carboxylic acids is 1. The van der Waals surface area contributed by atoms with E-state index in [1.165, 1.54) is 7.11 Å². The second-order valence-electron chi connectivity index (χ2n) is 4.33. The highest BCUT2D eigenvalue weighted by Crippen LogP contribution is 2.33. The molecule has 0 bridgehead atoms.